The summed E-state index contributed by atoms with van der Waals surface area (Å²) in [5, 5.41) is 14.0. The molecule has 2 N–H and O–H groups in total. The fraction of sp³-hybridized carbons (Fsp3) is 0.421. The summed E-state index contributed by atoms with van der Waals surface area (Å²) in [5.74, 6) is 2.95. The molecule has 128 valence electrons. The molecule has 2 aromatic rings. The minimum Gasteiger partial charge on any atom is -0.487 e. The molecule has 1 aromatic carbocycles. The Bertz CT molecular complexity index is 630. The van der Waals surface area contributed by atoms with E-state index in [2.05, 4.69) is 16.4 Å². The molecule has 0 radical (unpaired) electrons. The topological polar surface area (TPSA) is 54.4 Å². The van der Waals surface area contributed by atoms with Crippen LogP contribution >= 0.6 is 11.8 Å². The van der Waals surface area contributed by atoms with Gasteiger partial charge in [0.05, 0.1) is 11.3 Å². The maximum Gasteiger partial charge on any atom is 0.130 e. The second-order valence-corrected chi connectivity index (χ2v) is 7.38. The predicted molar refractivity (Wildman–Crippen MR) is 98.2 cm³/mol. The lowest BCUT2D eigenvalue weighted by molar-refractivity contribution is 0.0319. The molecule has 1 fully saturated rings. The summed E-state index contributed by atoms with van der Waals surface area (Å²) in [5.41, 5.74) is 1.45. The molecule has 4 nitrogen and oxygen atoms in total. The lowest BCUT2D eigenvalue weighted by Gasteiger charge is -2.32. The van der Waals surface area contributed by atoms with Crippen molar-refractivity contribution >= 4 is 11.8 Å². The molecule has 0 amide bonds. The number of pyridine rings is 1. The van der Waals surface area contributed by atoms with Crippen molar-refractivity contribution in [2.24, 2.45) is 0 Å². The summed E-state index contributed by atoms with van der Waals surface area (Å²) in [6, 6.07) is 13.8. The fourth-order valence-electron chi connectivity index (χ4n) is 2.78. The van der Waals surface area contributed by atoms with Crippen LogP contribution in [0.5, 0.6) is 5.75 Å². The van der Waals surface area contributed by atoms with Gasteiger partial charge in [-0.15, -0.1) is 0 Å². The molecule has 24 heavy (non-hydrogen) atoms. The zero-order valence-corrected chi connectivity index (χ0v) is 14.6. The summed E-state index contributed by atoms with van der Waals surface area (Å²) in [4.78, 5) is 4.28. The number of ether oxygens (including phenoxy) is 1. The van der Waals surface area contributed by atoms with Gasteiger partial charge in [0, 0.05) is 24.8 Å². The minimum atomic E-state index is -0.561. The minimum absolute atomic E-state index is 0.457. The number of benzene rings is 1. The van der Waals surface area contributed by atoms with Crippen LogP contribution in [0.4, 0.5) is 0 Å². The first-order chi connectivity index (χ1) is 11.8. The van der Waals surface area contributed by atoms with Crippen LogP contribution in [0.15, 0.2) is 48.7 Å². The van der Waals surface area contributed by atoms with E-state index in [1.807, 2.05) is 48.2 Å². The third-order valence-corrected chi connectivity index (χ3v) is 5.25. The van der Waals surface area contributed by atoms with Crippen LogP contribution in [-0.4, -0.2) is 33.7 Å². The van der Waals surface area contributed by atoms with Gasteiger partial charge in [-0.1, -0.05) is 24.3 Å². The van der Waals surface area contributed by atoms with Crippen molar-refractivity contribution in [3.05, 3.63) is 59.9 Å². The highest BCUT2D eigenvalue weighted by molar-refractivity contribution is 7.99. The first-order valence-electron chi connectivity index (χ1n) is 8.37. The molecule has 5 heteroatoms. The molecular formula is C19H24N2O2S. The van der Waals surface area contributed by atoms with Gasteiger partial charge < -0.3 is 15.2 Å². The Balaban J connectivity index is 1.54. The summed E-state index contributed by atoms with van der Waals surface area (Å²) >= 11 is 1.92. The molecule has 0 bridgehead atoms. The van der Waals surface area contributed by atoms with Crippen molar-refractivity contribution in [2.45, 2.75) is 31.6 Å². The van der Waals surface area contributed by atoms with Crippen molar-refractivity contribution in [1.29, 1.82) is 0 Å². The van der Waals surface area contributed by atoms with E-state index in [0.29, 0.717) is 19.7 Å². The van der Waals surface area contributed by atoms with E-state index in [0.717, 1.165) is 41.4 Å². The predicted octanol–water partition coefficient (Wildman–Crippen LogP) is 3.01. The standard InChI is InChI=1S/C19H24N2O2S/c22-19(8-11-24-12-9-19)15-20-13-16-5-1-2-7-18(16)23-14-17-6-3-4-10-21-17/h1-7,10,20,22H,8-9,11-15H2. The molecule has 0 unspecified atom stereocenters. The lowest BCUT2D eigenvalue weighted by atomic mass is 9.97. The Morgan fingerprint density at radius 2 is 1.92 bits per heavy atom. The van der Waals surface area contributed by atoms with Crippen LogP contribution in [-0.2, 0) is 13.2 Å². The van der Waals surface area contributed by atoms with Gasteiger partial charge in [-0.05, 0) is 42.5 Å². The van der Waals surface area contributed by atoms with Gasteiger partial charge in [-0.3, -0.25) is 4.98 Å². The van der Waals surface area contributed by atoms with Crippen molar-refractivity contribution in [3.8, 4) is 5.75 Å². The molecule has 0 spiro atoms. The largest absolute Gasteiger partial charge is 0.487 e. The molecule has 2 heterocycles. The second kappa shape index (κ2) is 8.51. The molecule has 1 saturated heterocycles. The highest BCUT2D eigenvalue weighted by Gasteiger charge is 2.28. The highest BCUT2D eigenvalue weighted by atomic mass is 32.2. The molecule has 3 rings (SSSR count). The van der Waals surface area contributed by atoms with Gasteiger partial charge in [0.2, 0.25) is 0 Å². The normalized spacial score (nSPS) is 16.7. The number of aliphatic hydroxyl groups is 1. The third kappa shape index (κ3) is 4.97. The van der Waals surface area contributed by atoms with E-state index >= 15 is 0 Å². The molecule has 1 aliphatic heterocycles. The zero-order chi connectivity index (χ0) is 16.7. The van der Waals surface area contributed by atoms with E-state index in [4.69, 9.17) is 4.74 Å². The molecule has 0 saturated carbocycles. The van der Waals surface area contributed by atoms with Gasteiger partial charge in [-0.2, -0.15) is 11.8 Å². The first kappa shape index (κ1) is 17.3. The summed E-state index contributed by atoms with van der Waals surface area (Å²) in [7, 11) is 0. The van der Waals surface area contributed by atoms with Crippen LogP contribution < -0.4 is 10.1 Å². The van der Waals surface area contributed by atoms with Crippen LogP contribution in [0, 0.1) is 0 Å². The van der Waals surface area contributed by atoms with E-state index in [-0.39, 0.29) is 0 Å². The van der Waals surface area contributed by atoms with E-state index in [1.54, 1.807) is 6.20 Å². The number of nitrogens with zero attached hydrogens (tertiary/aromatic N) is 1. The number of nitrogens with one attached hydrogen (secondary N) is 1. The van der Waals surface area contributed by atoms with Crippen LogP contribution in [0.3, 0.4) is 0 Å². The van der Waals surface area contributed by atoms with Gasteiger partial charge in [0.15, 0.2) is 0 Å². The second-order valence-electron chi connectivity index (χ2n) is 6.16. The van der Waals surface area contributed by atoms with Crippen molar-refractivity contribution < 1.29 is 9.84 Å². The monoisotopic (exact) mass is 344 g/mol. The number of hydrogen-bond acceptors (Lipinski definition) is 5. The number of thioether (sulfide) groups is 1. The smallest absolute Gasteiger partial charge is 0.130 e. The maximum absolute atomic E-state index is 10.6. The Morgan fingerprint density at radius 1 is 1.12 bits per heavy atom. The summed E-state index contributed by atoms with van der Waals surface area (Å²) < 4.78 is 5.92. The van der Waals surface area contributed by atoms with Crippen LogP contribution in [0.25, 0.3) is 0 Å². The van der Waals surface area contributed by atoms with Gasteiger partial charge in [0.25, 0.3) is 0 Å². The molecule has 0 aliphatic carbocycles. The number of hydrogen-bond donors (Lipinski definition) is 2. The average molecular weight is 344 g/mol. The molecule has 1 aliphatic rings. The van der Waals surface area contributed by atoms with Crippen molar-refractivity contribution in [3.63, 3.8) is 0 Å². The Labute approximate surface area is 147 Å². The molecular weight excluding hydrogens is 320 g/mol. The van der Waals surface area contributed by atoms with E-state index in [9.17, 15) is 5.11 Å². The molecule has 0 atom stereocenters. The van der Waals surface area contributed by atoms with Gasteiger partial charge in [-0.25, -0.2) is 0 Å². The van der Waals surface area contributed by atoms with E-state index < -0.39 is 5.60 Å². The van der Waals surface area contributed by atoms with Crippen LogP contribution in [0.2, 0.25) is 0 Å². The van der Waals surface area contributed by atoms with Crippen molar-refractivity contribution in [1.82, 2.24) is 10.3 Å². The lowest BCUT2D eigenvalue weighted by Crippen LogP contribution is -2.43. The zero-order valence-electron chi connectivity index (χ0n) is 13.8. The number of para-hydroxylation sites is 1. The quantitative estimate of drug-likeness (QED) is 0.809. The summed E-state index contributed by atoms with van der Waals surface area (Å²) in [6.45, 7) is 1.77. The van der Waals surface area contributed by atoms with Crippen LogP contribution in [0.1, 0.15) is 24.1 Å². The first-order valence-corrected chi connectivity index (χ1v) is 9.52. The highest BCUT2D eigenvalue weighted by Crippen LogP contribution is 2.26. The number of rotatable bonds is 7. The Kier molecular flexibility index (Phi) is 6.12. The Morgan fingerprint density at radius 3 is 2.71 bits per heavy atom. The summed E-state index contributed by atoms with van der Waals surface area (Å²) in [6.07, 6.45) is 3.50. The third-order valence-electron chi connectivity index (χ3n) is 4.27. The fourth-order valence-corrected chi connectivity index (χ4v) is 4.04. The van der Waals surface area contributed by atoms with Gasteiger partial charge >= 0.3 is 0 Å². The van der Waals surface area contributed by atoms with E-state index in [1.165, 1.54) is 0 Å². The molecule has 1 aromatic heterocycles. The SMILES string of the molecule is OC1(CNCc2ccccc2OCc2ccccn2)CCSCC1. The van der Waals surface area contributed by atoms with Crippen molar-refractivity contribution in [2.75, 3.05) is 18.1 Å². The maximum atomic E-state index is 10.6. The average Bonchev–Trinajstić information content (AvgIpc) is 2.62. The van der Waals surface area contributed by atoms with Gasteiger partial charge in [0.1, 0.15) is 12.4 Å². The Hall–Kier alpha value is -1.56. The number of aromatic nitrogens is 1.